The summed E-state index contributed by atoms with van der Waals surface area (Å²) in [6.45, 7) is 2.16. The topological polar surface area (TPSA) is 17.3 Å². The summed E-state index contributed by atoms with van der Waals surface area (Å²) in [7, 11) is 0. The van der Waals surface area contributed by atoms with Gasteiger partial charge in [0, 0.05) is 17.8 Å². The largest absolute Gasteiger partial charge is 0.240 e. The van der Waals surface area contributed by atoms with Crippen molar-refractivity contribution in [3.8, 4) is 11.3 Å². The molecular formula is C17H16F2N2. The molecule has 0 saturated carbocycles. The zero-order valence-electron chi connectivity index (χ0n) is 11.8. The lowest BCUT2D eigenvalue weighted by molar-refractivity contribution is 0.585. The average molecular weight is 286 g/mol. The first kappa shape index (κ1) is 13.7. The Kier molecular flexibility index (Phi) is 3.69. The van der Waals surface area contributed by atoms with Gasteiger partial charge in [-0.1, -0.05) is 13.3 Å². The van der Waals surface area contributed by atoms with Crippen molar-refractivity contribution in [2.24, 2.45) is 0 Å². The lowest BCUT2D eigenvalue weighted by atomic mass is 10.1. The minimum atomic E-state index is -0.593. The zero-order chi connectivity index (χ0) is 14.8. The van der Waals surface area contributed by atoms with Gasteiger partial charge in [0.05, 0.1) is 11.2 Å². The molecule has 0 aliphatic carbocycles. The molecule has 2 aromatic heterocycles. The second kappa shape index (κ2) is 5.64. The van der Waals surface area contributed by atoms with Crippen molar-refractivity contribution in [2.75, 3.05) is 0 Å². The quantitative estimate of drug-likeness (QED) is 0.684. The van der Waals surface area contributed by atoms with Crippen molar-refractivity contribution >= 4 is 5.52 Å². The van der Waals surface area contributed by atoms with Crippen LogP contribution < -0.4 is 0 Å². The molecule has 3 rings (SSSR count). The number of pyridine rings is 1. The normalized spacial score (nSPS) is 11.2. The van der Waals surface area contributed by atoms with E-state index in [4.69, 9.17) is 0 Å². The maximum Gasteiger partial charge on any atom is 0.135 e. The van der Waals surface area contributed by atoms with Gasteiger partial charge in [-0.25, -0.2) is 13.3 Å². The Labute approximate surface area is 122 Å². The predicted molar refractivity (Wildman–Crippen MR) is 79.2 cm³/mol. The number of unbranched alkanes of at least 4 members (excludes halogenated alkanes) is 1. The van der Waals surface area contributed by atoms with Crippen LogP contribution in [0.1, 0.15) is 25.3 Å². The van der Waals surface area contributed by atoms with Crippen molar-refractivity contribution in [2.45, 2.75) is 26.2 Å². The van der Waals surface area contributed by atoms with Crippen LogP contribution in [-0.4, -0.2) is 9.61 Å². The maximum atomic E-state index is 13.8. The first-order valence-electron chi connectivity index (χ1n) is 7.11. The van der Waals surface area contributed by atoms with E-state index in [0.29, 0.717) is 11.3 Å². The molecule has 0 atom stereocenters. The Morgan fingerprint density at radius 2 is 1.95 bits per heavy atom. The fourth-order valence-electron chi connectivity index (χ4n) is 2.41. The number of rotatable bonds is 4. The van der Waals surface area contributed by atoms with Crippen LogP contribution >= 0.6 is 0 Å². The van der Waals surface area contributed by atoms with Crippen molar-refractivity contribution in [3.05, 3.63) is 59.8 Å². The Morgan fingerprint density at radius 1 is 1.10 bits per heavy atom. The summed E-state index contributed by atoms with van der Waals surface area (Å²) in [6, 6.07) is 9.46. The van der Waals surface area contributed by atoms with Crippen molar-refractivity contribution in [3.63, 3.8) is 0 Å². The number of fused-ring (bicyclic) bond motifs is 1. The molecule has 0 aliphatic rings. The molecule has 108 valence electrons. The van der Waals surface area contributed by atoms with Gasteiger partial charge in [0.25, 0.3) is 0 Å². The highest BCUT2D eigenvalue weighted by Gasteiger charge is 2.10. The van der Waals surface area contributed by atoms with Crippen molar-refractivity contribution < 1.29 is 8.78 Å². The summed E-state index contributed by atoms with van der Waals surface area (Å²) in [5.74, 6) is -1.17. The molecular weight excluding hydrogens is 270 g/mol. The molecule has 21 heavy (non-hydrogen) atoms. The molecule has 0 aliphatic heterocycles. The minimum absolute atomic E-state index is 0.315. The molecule has 1 aromatic carbocycles. The van der Waals surface area contributed by atoms with Gasteiger partial charge < -0.3 is 0 Å². The SMILES string of the molecule is CCCCc1ccn2nc(-c3ccc(F)cc3F)cc2c1. The first-order valence-corrected chi connectivity index (χ1v) is 7.11. The monoisotopic (exact) mass is 286 g/mol. The van der Waals surface area contributed by atoms with E-state index in [1.807, 2.05) is 18.3 Å². The fourth-order valence-corrected chi connectivity index (χ4v) is 2.41. The van der Waals surface area contributed by atoms with E-state index < -0.39 is 11.6 Å². The van der Waals surface area contributed by atoms with E-state index in [-0.39, 0.29) is 0 Å². The molecule has 4 heteroatoms. The number of aromatic nitrogens is 2. The Morgan fingerprint density at radius 3 is 2.71 bits per heavy atom. The van der Waals surface area contributed by atoms with Crippen LogP contribution in [0.25, 0.3) is 16.8 Å². The molecule has 3 aromatic rings. The number of hydrogen-bond acceptors (Lipinski definition) is 1. The molecule has 0 unspecified atom stereocenters. The predicted octanol–water partition coefficient (Wildman–Crippen LogP) is 4.62. The van der Waals surface area contributed by atoms with Gasteiger partial charge in [0.15, 0.2) is 0 Å². The molecule has 2 nitrogen and oxygen atoms in total. The highest BCUT2D eigenvalue weighted by Crippen LogP contribution is 2.24. The van der Waals surface area contributed by atoms with Crippen LogP contribution in [0.15, 0.2) is 42.6 Å². The molecule has 0 spiro atoms. The average Bonchev–Trinajstić information content (AvgIpc) is 2.87. The lowest BCUT2D eigenvalue weighted by Gasteiger charge is -2.00. The van der Waals surface area contributed by atoms with E-state index in [9.17, 15) is 8.78 Å². The van der Waals surface area contributed by atoms with Crippen molar-refractivity contribution in [1.29, 1.82) is 0 Å². The highest BCUT2D eigenvalue weighted by atomic mass is 19.1. The first-order chi connectivity index (χ1) is 10.2. The summed E-state index contributed by atoms with van der Waals surface area (Å²) in [4.78, 5) is 0. The van der Waals surface area contributed by atoms with E-state index in [1.165, 1.54) is 17.7 Å². The standard InChI is InChI=1S/C17H16F2N2/c1-2-3-4-12-7-8-21-14(9-12)11-17(20-21)15-6-5-13(18)10-16(15)19/h5-11H,2-4H2,1H3. The number of nitrogens with zero attached hydrogens (tertiary/aromatic N) is 2. The number of benzene rings is 1. The summed E-state index contributed by atoms with van der Waals surface area (Å²) in [5, 5.41) is 4.35. The molecule has 0 bridgehead atoms. The van der Waals surface area contributed by atoms with Crippen LogP contribution in [0, 0.1) is 11.6 Å². The molecule has 0 radical (unpaired) electrons. The molecule has 0 amide bonds. The lowest BCUT2D eigenvalue weighted by Crippen LogP contribution is -1.91. The van der Waals surface area contributed by atoms with Crippen LogP contribution in [0.3, 0.4) is 0 Å². The number of hydrogen-bond donors (Lipinski definition) is 0. The van der Waals surface area contributed by atoms with Crippen LogP contribution in [0.4, 0.5) is 8.78 Å². The zero-order valence-corrected chi connectivity index (χ0v) is 11.8. The second-order valence-corrected chi connectivity index (χ2v) is 5.16. The third-order valence-corrected chi connectivity index (χ3v) is 3.55. The Balaban J connectivity index is 2.00. The summed E-state index contributed by atoms with van der Waals surface area (Å²) < 4.78 is 28.5. The third-order valence-electron chi connectivity index (χ3n) is 3.55. The van der Waals surface area contributed by atoms with Crippen LogP contribution in [0.5, 0.6) is 0 Å². The van der Waals surface area contributed by atoms with E-state index in [1.54, 1.807) is 4.52 Å². The fraction of sp³-hybridized carbons (Fsp3) is 0.235. The maximum absolute atomic E-state index is 13.8. The van der Waals surface area contributed by atoms with Gasteiger partial charge in [0.2, 0.25) is 0 Å². The van der Waals surface area contributed by atoms with E-state index in [2.05, 4.69) is 18.1 Å². The molecule has 0 saturated heterocycles. The highest BCUT2D eigenvalue weighted by molar-refractivity contribution is 5.66. The molecule has 0 fully saturated rings. The third kappa shape index (κ3) is 2.79. The van der Waals surface area contributed by atoms with E-state index in [0.717, 1.165) is 30.8 Å². The van der Waals surface area contributed by atoms with Crippen LogP contribution in [-0.2, 0) is 6.42 Å². The number of aryl methyl sites for hydroxylation is 1. The minimum Gasteiger partial charge on any atom is -0.240 e. The summed E-state index contributed by atoms with van der Waals surface area (Å²) >= 11 is 0. The molecule has 2 heterocycles. The smallest absolute Gasteiger partial charge is 0.135 e. The van der Waals surface area contributed by atoms with Gasteiger partial charge in [-0.15, -0.1) is 0 Å². The molecule has 0 N–H and O–H groups in total. The Bertz CT molecular complexity index is 778. The van der Waals surface area contributed by atoms with Gasteiger partial charge in [-0.2, -0.15) is 5.10 Å². The van der Waals surface area contributed by atoms with Gasteiger partial charge in [0.1, 0.15) is 11.6 Å². The summed E-state index contributed by atoms with van der Waals surface area (Å²) in [6.07, 6.45) is 5.20. The van der Waals surface area contributed by atoms with Gasteiger partial charge >= 0.3 is 0 Å². The van der Waals surface area contributed by atoms with Gasteiger partial charge in [-0.05, 0) is 48.7 Å². The summed E-state index contributed by atoms with van der Waals surface area (Å²) in [5.41, 5.74) is 2.99. The van der Waals surface area contributed by atoms with E-state index >= 15 is 0 Å². The van der Waals surface area contributed by atoms with Crippen molar-refractivity contribution in [1.82, 2.24) is 9.61 Å². The number of halogens is 2. The van der Waals surface area contributed by atoms with Crippen LogP contribution in [0.2, 0.25) is 0 Å². The van der Waals surface area contributed by atoms with Gasteiger partial charge in [-0.3, -0.25) is 0 Å². The Hall–Kier alpha value is -2.23. The second-order valence-electron chi connectivity index (χ2n) is 5.16.